The van der Waals surface area contributed by atoms with Gasteiger partial charge in [0.15, 0.2) is 0 Å². The van der Waals surface area contributed by atoms with Crippen molar-refractivity contribution in [3.63, 3.8) is 0 Å². The standard InChI is InChI=1S/C13H24N2O2/c1-3-4-5-12(16)10-15-8-6-11(7-9-15)13(17)14-2/h3,11-12,16H,1,4-10H2,2H3,(H,14,17). The summed E-state index contributed by atoms with van der Waals surface area (Å²) in [5.41, 5.74) is 0. The van der Waals surface area contributed by atoms with Crippen LogP contribution in [0.1, 0.15) is 25.7 Å². The highest BCUT2D eigenvalue weighted by molar-refractivity contribution is 5.78. The Balaban J connectivity index is 2.22. The third kappa shape index (κ3) is 4.88. The number of aliphatic hydroxyl groups is 1. The van der Waals surface area contributed by atoms with E-state index >= 15 is 0 Å². The van der Waals surface area contributed by atoms with Gasteiger partial charge in [0, 0.05) is 19.5 Å². The van der Waals surface area contributed by atoms with Crippen LogP contribution in [0.25, 0.3) is 0 Å². The minimum absolute atomic E-state index is 0.150. The zero-order valence-corrected chi connectivity index (χ0v) is 10.7. The minimum atomic E-state index is -0.274. The fourth-order valence-corrected chi connectivity index (χ4v) is 2.28. The number of piperidine rings is 1. The fourth-order valence-electron chi connectivity index (χ4n) is 2.28. The first-order chi connectivity index (χ1) is 8.17. The third-order valence-electron chi connectivity index (χ3n) is 3.38. The highest BCUT2D eigenvalue weighted by atomic mass is 16.3. The van der Waals surface area contributed by atoms with E-state index in [1.807, 2.05) is 6.08 Å². The van der Waals surface area contributed by atoms with Gasteiger partial charge in [0.05, 0.1) is 6.10 Å². The van der Waals surface area contributed by atoms with Gasteiger partial charge in [-0.25, -0.2) is 0 Å². The maximum absolute atomic E-state index is 11.4. The summed E-state index contributed by atoms with van der Waals surface area (Å²) in [5.74, 6) is 0.304. The number of likely N-dealkylation sites (tertiary alicyclic amines) is 1. The van der Waals surface area contributed by atoms with E-state index in [-0.39, 0.29) is 17.9 Å². The molecule has 0 saturated carbocycles. The number of carbonyl (C=O) groups is 1. The van der Waals surface area contributed by atoms with Crippen LogP contribution in [-0.4, -0.2) is 48.7 Å². The SMILES string of the molecule is C=CCCC(O)CN1CCC(C(=O)NC)CC1. The molecule has 1 aliphatic rings. The number of allylic oxidation sites excluding steroid dienone is 1. The monoisotopic (exact) mass is 240 g/mol. The van der Waals surface area contributed by atoms with E-state index in [0.717, 1.165) is 38.8 Å². The van der Waals surface area contributed by atoms with Crippen molar-refractivity contribution >= 4 is 5.91 Å². The van der Waals surface area contributed by atoms with Gasteiger partial charge in [-0.15, -0.1) is 6.58 Å². The summed E-state index contributed by atoms with van der Waals surface area (Å²) in [4.78, 5) is 13.7. The predicted octanol–water partition coefficient (Wildman–Crippen LogP) is 0.772. The van der Waals surface area contributed by atoms with Gasteiger partial charge in [-0.1, -0.05) is 6.08 Å². The Morgan fingerprint density at radius 1 is 1.59 bits per heavy atom. The number of rotatable bonds is 6. The number of hydrogen-bond acceptors (Lipinski definition) is 3. The van der Waals surface area contributed by atoms with Gasteiger partial charge in [0.25, 0.3) is 0 Å². The lowest BCUT2D eigenvalue weighted by molar-refractivity contribution is -0.126. The molecule has 1 saturated heterocycles. The Labute approximate surface area is 104 Å². The first-order valence-electron chi connectivity index (χ1n) is 6.40. The van der Waals surface area contributed by atoms with Crippen LogP contribution in [0.15, 0.2) is 12.7 Å². The zero-order chi connectivity index (χ0) is 12.7. The molecule has 1 atom stereocenters. The number of nitrogens with one attached hydrogen (secondary N) is 1. The molecule has 0 bridgehead atoms. The molecule has 1 fully saturated rings. The van der Waals surface area contributed by atoms with Crippen molar-refractivity contribution in [1.82, 2.24) is 10.2 Å². The maximum Gasteiger partial charge on any atom is 0.222 e. The molecule has 17 heavy (non-hydrogen) atoms. The molecule has 0 spiro atoms. The molecule has 4 nitrogen and oxygen atoms in total. The third-order valence-corrected chi connectivity index (χ3v) is 3.38. The Bertz CT molecular complexity index is 248. The minimum Gasteiger partial charge on any atom is -0.392 e. The van der Waals surface area contributed by atoms with Crippen LogP contribution in [0, 0.1) is 5.92 Å². The highest BCUT2D eigenvalue weighted by Crippen LogP contribution is 2.17. The largest absolute Gasteiger partial charge is 0.392 e. The van der Waals surface area contributed by atoms with Crippen molar-refractivity contribution in [3.8, 4) is 0 Å². The predicted molar refractivity (Wildman–Crippen MR) is 68.7 cm³/mol. The maximum atomic E-state index is 11.4. The van der Waals surface area contributed by atoms with Crippen molar-refractivity contribution in [1.29, 1.82) is 0 Å². The molecule has 0 aromatic heterocycles. The molecule has 0 radical (unpaired) electrons. The summed E-state index contributed by atoms with van der Waals surface area (Å²) in [5, 5.41) is 12.5. The van der Waals surface area contributed by atoms with Crippen molar-refractivity contribution in [2.24, 2.45) is 5.92 Å². The Morgan fingerprint density at radius 3 is 2.76 bits per heavy atom. The molecule has 0 aliphatic carbocycles. The van der Waals surface area contributed by atoms with Crippen molar-refractivity contribution < 1.29 is 9.90 Å². The van der Waals surface area contributed by atoms with Crippen molar-refractivity contribution in [2.75, 3.05) is 26.7 Å². The van der Waals surface area contributed by atoms with E-state index in [1.54, 1.807) is 7.05 Å². The Kier molecular flexibility index (Phi) is 6.22. The molecule has 1 heterocycles. The summed E-state index contributed by atoms with van der Waals surface area (Å²) >= 11 is 0. The first kappa shape index (κ1) is 14.2. The second-order valence-corrected chi connectivity index (χ2v) is 4.71. The average Bonchev–Trinajstić information content (AvgIpc) is 2.36. The van der Waals surface area contributed by atoms with E-state index in [9.17, 15) is 9.90 Å². The molecule has 1 unspecified atom stereocenters. The van der Waals surface area contributed by atoms with Crippen molar-refractivity contribution in [2.45, 2.75) is 31.8 Å². The molecule has 2 N–H and O–H groups in total. The average molecular weight is 240 g/mol. The van der Waals surface area contributed by atoms with Crippen molar-refractivity contribution in [3.05, 3.63) is 12.7 Å². The van der Waals surface area contributed by atoms with Crippen LogP contribution >= 0.6 is 0 Å². The molecule has 1 aliphatic heterocycles. The normalized spacial score (nSPS) is 19.9. The number of aliphatic hydroxyl groups excluding tert-OH is 1. The summed E-state index contributed by atoms with van der Waals surface area (Å²) in [6.07, 6.45) is 4.99. The van der Waals surface area contributed by atoms with Crippen LogP contribution in [-0.2, 0) is 4.79 Å². The number of β-amino-alcohol motifs (C(OH)–C–C–N with tert-alkyl or cyclic N) is 1. The van der Waals surface area contributed by atoms with Crippen LogP contribution in [0.3, 0.4) is 0 Å². The lowest BCUT2D eigenvalue weighted by Crippen LogP contribution is -2.42. The van der Waals surface area contributed by atoms with E-state index in [4.69, 9.17) is 0 Å². The number of amides is 1. The van der Waals surface area contributed by atoms with E-state index in [2.05, 4.69) is 16.8 Å². The van der Waals surface area contributed by atoms with E-state index in [0.29, 0.717) is 6.54 Å². The molecule has 98 valence electrons. The quantitative estimate of drug-likeness (QED) is 0.674. The van der Waals surface area contributed by atoms with Gasteiger partial charge in [0.2, 0.25) is 5.91 Å². The highest BCUT2D eigenvalue weighted by Gasteiger charge is 2.24. The topological polar surface area (TPSA) is 52.6 Å². The number of hydrogen-bond donors (Lipinski definition) is 2. The second-order valence-electron chi connectivity index (χ2n) is 4.71. The Morgan fingerprint density at radius 2 is 2.24 bits per heavy atom. The summed E-state index contributed by atoms with van der Waals surface area (Å²) in [7, 11) is 1.69. The lowest BCUT2D eigenvalue weighted by atomic mass is 9.95. The van der Waals surface area contributed by atoms with Gasteiger partial charge in [-0.3, -0.25) is 4.79 Å². The van der Waals surface area contributed by atoms with Crippen LogP contribution < -0.4 is 5.32 Å². The zero-order valence-electron chi connectivity index (χ0n) is 10.7. The van der Waals surface area contributed by atoms with Gasteiger partial charge in [0.1, 0.15) is 0 Å². The van der Waals surface area contributed by atoms with Crippen LogP contribution in [0.5, 0.6) is 0 Å². The molecular formula is C13H24N2O2. The molecule has 0 aromatic carbocycles. The van der Waals surface area contributed by atoms with Crippen LogP contribution in [0.2, 0.25) is 0 Å². The molecule has 1 amide bonds. The first-order valence-corrected chi connectivity index (χ1v) is 6.40. The van der Waals surface area contributed by atoms with E-state index in [1.165, 1.54) is 0 Å². The van der Waals surface area contributed by atoms with Gasteiger partial charge >= 0.3 is 0 Å². The van der Waals surface area contributed by atoms with Gasteiger partial charge in [-0.05, 0) is 38.8 Å². The summed E-state index contributed by atoms with van der Waals surface area (Å²) < 4.78 is 0. The Hall–Kier alpha value is -0.870. The smallest absolute Gasteiger partial charge is 0.222 e. The molecular weight excluding hydrogens is 216 g/mol. The molecule has 1 rings (SSSR count). The lowest BCUT2D eigenvalue weighted by Gasteiger charge is -2.32. The molecule has 0 aromatic rings. The van der Waals surface area contributed by atoms with Gasteiger partial charge < -0.3 is 15.3 Å². The summed E-state index contributed by atoms with van der Waals surface area (Å²) in [6.45, 7) is 6.18. The summed E-state index contributed by atoms with van der Waals surface area (Å²) in [6, 6.07) is 0. The van der Waals surface area contributed by atoms with Crippen LogP contribution in [0.4, 0.5) is 0 Å². The molecule has 4 heteroatoms. The number of carbonyl (C=O) groups excluding carboxylic acids is 1. The second kappa shape index (κ2) is 7.45. The van der Waals surface area contributed by atoms with E-state index < -0.39 is 0 Å². The van der Waals surface area contributed by atoms with Gasteiger partial charge in [-0.2, -0.15) is 0 Å². The fraction of sp³-hybridized carbons (Fsp3) is 0.769. The number of nitrogens with zero attached hydrogens (tertiary/aromatic N) is 1.